The summed E-state index contributed by atoms with van der Waals surface area (Å²) in [5, 5.41) is 1.87. The number of thiophene rings is 1. The summed E-state index contributed by atoms with van der Waals surface area (Å²) in [6.07, 6.45) is 5.71. The Hall–Kier alpha value is -1.40. The van der Waals surface area contributed by atoms with Gasteiger partial charge in [0.2, 0.25) is 5.91 Å². The van der Waals surface area contributed by atoms with E-state index in [1.807, 2.05) is 16.3 Å². The summed E-state index contributed by atoms with van der Waals surface area (Å²) in [4.78, 5) is 28.0. The van der Waals surface area contributed by atoms with Gasteiger partial charge in [0, 0.05) is 25.2 Å². The predicted molar refractivity (Wildman–Crippen MR) is 98.1 cm³/mol. The van der Waals surface area contributed by atoms with Crippen LogP contribution in [0.5, 0.6) is 0 Å². The van der Waals surface area contributed by atoms with Crippen molar-refractivity contribution in [2.75, 3.05) is 25.2 Å². The van der Waals surface area contributed by atoms with Crippen LogP contribution in [-0.2, 0) is 14.3 Å². The fourth-order valence-corrected chi connectivity index (χ4v) is 4.68. The van der Waals surface area contributed by atoms with E-state index < -0.39 is 0 Å². The van der Waals surface area contributed by atoms with Gasteiger partial charge in [-0.05, 0) is 55.9 Å². The van der Waals surface area contributed by atoms with Crippen molar-refractivity contribution < 1.29 is 19.1 Å². The van der Waals surface area contributed by atoms with Gasteiger partial charge in [0.1, 0.15) is 4.88 Å². The summed E-state index contributed by atoms with van der Waals surface area (Å²) in [6.45, 7) is 3.58. The molecule has 0 spiro atoms. The number of hydrogen-bond donors (Lipinski definition) is 0. The number of carbonyl (C=O) groups excluding carboxylic acids is 2. The molecule has 25 heavy (non-hydrogen) atoms. The summed E-state index contributed by atoms with van der Waals surface area (Å²) >= 11 is 1.34. The zero-order valence-electron chi connectivity index (χ0n) is 15.0. The molecular formula is C19H27NO4S. The van der Waals surface area contributed by atoms with Gasteiger partial charge in [-0.1, -0.05) is 6.92 Å². The van der Waals surface area contributed by atoms with Crippen molar-refractivity contribution in [3.63, 3.8) is 0 Å². The minimum absolute atomic E-state index is 0.0597. The number of ether oxygens (including phenoxy) is 2. The molecule has 0 radical (unpaired) electrons. The maximum atomic E-state index is 13.4. The number of hydrogen-bond acceptors (Lipinski definition) is 5. The SMILES string of the molecule is COC(=O)c1sccc1N(C(=O)[C@H]1CC[C@H](C)CC1)C1CCOCC1. The van der Waals surface area contributed by atoms with Crippen LogP contribution in [0.25, 0.3) is 0 Å². The monoisotopic (exact) mass is 365 g/mol. The second-order valence-electron chi connectivity index (χ2n) is 7.14. The van der Waals surface area contributed by atoms with Crippen LogP contribution in [0, 0.1) is 11.8 Å². The average molecular weight is 365 g/mol. The van der Waals surface area contributed by atoms with Crippen LogP contribution in [-0.4, -0.2) is 38.2 Å². The highest BCUT2D eigenvalue weighted by Gasteiger charge is 2.36. The molecule has 5 nitrogen and oxygen atoms in total. The number of nitrogens with zero attached hydrogens (tertiary/aromatic N) is 1. The summed E-state index contributed by atoms with van der Waals surface area (Å²) in [5.41, 5.74) is 0.715. The highest BCUT2D eigenvalue weighted by atomic mass is 32.1. The second kappa shape index (κ2) is 8.32. The molecule has 1 aromatic heterocycles. The van der Waals surface area contributed by atoms with E-state index in [1.165, 1.54) is 18.4 Å². The van der Waals surface area contributed by atoms with E-state index >= 15 is 0 Å². The predicted octanol–water partition coefficient (Wildman–Crippen LogP) is 3.87. The molecule has 0 aromatic carbocycles. The molecule has 0 atom stereocenters. The molecule has 138 valence electrons. The first-order valence-electron chi connectivity index (χ1n) is 9.18. The van der Waals surface area contributed by atoms with E-state index in [1.54, 1.807) is 0 Å². The zero-order valence-corrected chi connectivity index (χ0v) is 15.8. The van der Waals surface area contributed by atoms with E-state index in [2.05, 4.69) is 6.92 Å². The van der Waals surface area contributed by atoms with Gasteiger partial charge < -0.3 is 14.4 Å². The largest absolute Gasteiger partial charge is 0.465 e. The van der Waals surface area contributed by atoms with Gasteiger partial charge in [-0.2, -0.15) is 0 Å². The van der Waals surface area contributed by atoms with E-state index in [-0.39, 0.29) is 23.8 Å². The lowest BCUT2D eigenvalue weighted by Gasteiger charge is -2.37. The fourth-order valence-electron chi connectivity index (χ4n) is 3.88. The van der Waals surface area contributed by atoms with Crippen LogP contribution in [0.3, 0.4) is 0 Å². The normalized spacial score (nSPS) is 24.7. The fraction of sp³-hybridized carbons (Fsp3) is 0.684. The topological polar surface area (TPSA) is 55.8 Å². The van der Waals surface area contributed by atoms with Gasteiger partial charge in [-0.25, -0.2) is 4.79 Å². The van der Waals surface area contributed by atoms with Crippen molar-refractivity contribution in [3.8, 4) is 0 Å². The summed E-state index contributed by atoms with van der Waals surface area (Å²) < 4.78 is 10.4. The van der Waals surface area contributed by atoms with Gasteiger partial charge in [-0.15, -0.1) is 11.3 Å². The Morgan fingerprint density at radius 3 is 2.48 bits per heavy atom. The van der Waals surface area contributed by atoms with Crippen molar-refractivity contribution >= 4 is 28.9 Å². The van der Waals surface area contributed by atoms with Crippen molar-refractivity contribution in [2.45, 2.75) is 51.5 Å². The number of esters is 1. The van der Waals surface area contributed by atoms with Crippen molar-refractivity contribution in [1.29, 1.82) is 0 Å². The Kier molecular flexibility index (Phi) is 6.12. The van der Waals surface area contributed by atoms with Gasteiger partial charge in [0.15, 0.2) is 0 Å². The van der Waals surface area contributed by atoms with E-state index in [9.17, 15) is 9.59 Å². The van der Waals surface area contributed by atoms with Gasteiger partial charge in [0.05, 0.1) is 12.8 Å². The third-order valence-corrected chi connectivity index (χ3v) is 6.32. The highest BCUT2D eigenvalue weighted by molar-refractivity contribution is 7.12. The lowest BCUT2D eigenvalue weighted by Crippen LogP contribution is -2.47. The van der Waals surface area contributed by atoms with Crippen LogP contribution in [0.1, 0.15) is 55.1 Å². The molecule has 1 saturated carbocycles. The van der Waals surface area contributed by atoms with Crippen LogP contribution in [0.2, 0.25) is 0 Å². The van der Waals surface area contributed by atoms with Crippen molar-refractivity contribution in [3.05, 3.63) is 16.3 Å². The zero-order chi connectivity index (χ0) is 17.8. The first-order valence-corrected chi connectivity index (χ1v) is 10.1. The standard InChI is InChI=1S/C19H27NO4S/c1-13-3-5-14(6-4-13)18(21)20(15-7-10-24-11-8-15)16-9-12-25-17(16)19(22)23-2/h9,12-15H,3-8,10-11H2,1-2H3/t13-,14-. The summed E-state index contributed by atoms with van der Waals surface area (Å²) in [6, 6.07) is 1.98. The van der Waals surface area contributed by atoms with Gasteiger partial charge >= 0.3 is 5.97 Å². The molecule has 2 fully saturated rings. The average Bonchev–Trinajstić information content (AvgIpc) is 3.12. The Balaban J connectivity index is 1.89. The number of methoxy groups -OCH3 is 1. The number of carbonyl (C=O) groups is 2. The first kappa shape index (κ1) is 18.4. The molecule has 1 saturated heterocycles. The van der Waals surface area contributed by atoms with Crippen LogP contribution in [0.4, 0.5) is 5.69 Å². The molecule has 2 aliphatic rings. The molecule has 1 aliphatic heterocycles. The Labute approximate surface area is 153 Å². The third kappa shape index (κ3) is 4.06. The van der Waals surface area contributed by atoms with Crippen LogP contribution >= 0.6 is 11.3 Å². The van der Waals surface area contributed by atoms with Gasteiger partial charge in [0.25, 0.3) is 0 Å². The lowest BCUT2D eigenvalue weighted by atomic mass is 9.82. The number of rotatable bonds is 4. The highest BCUT2D eigenvalue weighted by Crippen LogP contribution is 2.36. The Morgan fingerprint density at radius 2 is 1.84 bits per heavy atom. The van der Waals surface area contributed by atoms with Crippen LogP contribution < -0.4 is 4.90 Å². The quantitative estimate of drug-likeness (QED) is 0.760. The molecule has 0 unspecified atom stereocenters. The Morgan fingerprint density at radius 1 is 1.16 bits per heavy atom. The maximum absolute atomic E-state index is 13.4. The van der Waals surface area contributed by atoms with E-state index in [4.69, 9.17) is 9.47 Å². The Bertz CT molecular complexity index is 600. The smallest absolute Gasteiger partial charge is 0.350 e. The maximum Gasteiger partial charge on any atom is 0.350 e. The van der Waals surface area contributed by atoms with Crippen molar-refractivity contribution in [2.24, 2.45) is 11.8 Å². The summed E-state index contributed by atoms with van der Waals surface area (Å²) in [5.74, 6) is 0.561. The van der Waals surface area contributed by atoms with Crippen LogP contribution in [0.15, 0.2) is 11.4 Å². The molecule has 0 bridgehead atoms. The van der Waals surface area contributed by atoms with E-state index in [0.29, 0.717) is 29.7 Å². The molecule has 6 heteroatoms. The molecule has 2 heterocycles. The van der Waals surface area contributed by atoms with E-state index in [0.717, 1.165) is 38.5 Å². The molecule has 1 aromatic rings. The van der Waals surface area contributed by atoms with Gasteiger partial charge in [-0.3, -0.25) is 4.79 Å². The molecule has 1 amide bonds. The lowest BCUT2D eigenvalue weighted by molar-refractivity contribution is -0.124. The minimum atomic E-state index is -0.368. The molecule has 3 rings (SSSR count). The molecular weight excluding hydrogens is 338 g/mol. The number of amides is 1. The second-order valence-corrected chi connectivity index (χ2v) is 8.05. The molecule has 0 N–H and O–H groups in total. The van der Waals surface area contributed by atoms with Crippen molar-refractivity contribution in [1.82, 2.24) is 0 Å². The third-order valence-electron chi connectivity index (χ3n) is 5.43. The first-order chi connectivity index (χ1) is 12.1. The number of anilines is 1. The molecule has 1 aliphatic carbocycles. The summed E-state index contributed by atoms with van der Waals surface area (Å²) in [7, 11) is 1.38. The minimum Gasteiger partial charge on any atom is -0.465 e.